The van der Waals surface area contributed by atoms with E-state index in [2.05, 4.69) is 15.0 Å². The van der Waals surface area contributed by atoms with E-state index in [4.69, 9.17) is 27.9 Å². The second-order valence-corrected chi connectivity index (χ2v) is 11.1. The van der Waals surface area contributed by atoms with Crippen LogP contribution in [0.15, 0.2) is 36.7 Å². The Morgan fingerprint density at radius 3 is 2.11 bits per heavy atom. The molecule has 12 heteroatoms. The molecular formula is C23H30Cl2N4O5S. The van der Waals surface area contributed by atoms with Crippen molar-refractivity contribution >= 4 is 51.0 Å². The number of ether oxygens (including phenoxy) is 1. The van der Waals surface area contributed by atoms with E-state index in [0.29, 0.717) is 17.8 Å². The number of carbonyl (C=O) groups is 2. The second kappa shape index (κ2) is 12.6. The molecule has 0 saturated heterocycles. The van der Waals surface area contributed by atoms with Gasteiger partial charge in [0.2, 0.25) is 0 Å². The van der Waals surface area contributed by atoms with Crippen LogP contribution in [-0.2, 0) is 26.2 Å². The maximum Gasteiger partial charge on any atom is 0.324 e. The minimum atomic E-state index is -3.96. The molecule has 9 nitrogen and oxygen atoms in total. The number of rotatable bonds is 11. The Hall–Kier alpha value is -2.24. The average molecular weight is 545 g/mol. The summed E-state index contributed by atoms with van der Waals surface area (Å²) in [6, 6.07) is 5.16. The molecule has 1 unspecified atom stereocenters. The summed E-state index contributed by atoms with van der Waals surface area (Å²) in [7, 11) is -2.76. The second-order valence-electron chi connectivity index (χ2n) is 8.59. The molecule has 35 heavy (non-hydrogen) atoms. The molecule has 0 radical (unpaired) electrons. The van der Waals surface area contributed by atoms with Crippen LogP contribution in [0.5, 0.6) is 0 Å². The van der Waals surface area contributed by atoms with Gasteiger partial charge in [-0.05, 0) is 43.9 Å². The lowest BCUT2D eigenvalue weighted by Gasteiger charge is -2.29. The van der Waals surface area contributed by atoms with Crippen LogP contribution in [0.3, 0.4) is 0 Å². The van der Waals surface area contributed by atoms with Gasteiger partial charge < -0.3 is 10.1 Å². The van der Waals surface area contributed by atoms with Crippen molar-refractivity contribution in [2.24, 2.45) is 5.92 Å². The summed E-state index contributed by atoms with van der Waals surface area (Å²) in [6.45, 7) is 7.68. The van der Waals surface area contributed by atoms with Crippen molar-refractivity contribution < 1.29 is 22.7 Å². The fraction of sp³-hybridized carbons (Fsp3) is 0.435. The number of benzene rings is 1. The zero-order valence-corrected chi connectivity index (χ0v) is 22.5. The van der Waals surface area contributed by atoms with Gasteiger partial charge in [-0.2, -0.15) is 17.4 Å². The van der Waals surface area contributed by atoms with Crippen molar-refractivity contribution in [3.8, 4) is 0 Å². The first-order chi connectivity index (χ1) is 16.4. The molecular weight excluding hydrogens is 515 g/mol. The monoisotopic (exact) mass is 544 g/mol. The predicted molar refractivity (Wildman–Crippen MR) is 137 cm³/mol. The lowest BCUT2D eigenvalue weighted by atomic mass is 10.1. The van der Waals surface area contributed by atoms with Crippen LogP contribution in [0.25, 0.3) is 0 Å². The Morgan fingerprint density at radius 2 is 1.63 bits per heavy atom. The summed E-state index contributed by atoms with van der Waals surface area (Å²) in [5.41, 5.74) is 1.21. The third-order valence-electron chi connectivity index (χ3n) is 4.94. The van der Waals surface area contributed by atoms with Crippen LogP contribution in [0.4, 0.5) is 5.69 Å². The van der Waals surface area contributed by atoms with Crippen LogP contribution in [0, 0.1) is 5.92 Å². The molecule has 2 aromatic rings. The molecule has 2 rings (SSSR count). The SMILES string of the molecule is COC(=O)C(Cc1ccc(NC(=O)c2c(Cl)cncc2Cl)cc1)NS(=O)(=O)N(CC(C)C)C(C)C. The number of nitrogens with zero attached hydrogens (tertiary/aromatic N) is 2. The number of amides is 1. The largest absolute Gasteiger partial charge is 0.468 e. The van der Waals surface area contributed by atoms with Crippen molar-refractivity contribution in [1.29, 1.82) is 0 Å². The van der Waals surface area contributed by atoms with Gasteiger partial charge in [0.1, 0.15) is 6.04 Å². The number of hydrogen-bond donors (Lipinski definition) is 2. The molecule has 1 aromatic heterocycles. The normalized spacial score (nSPS) is 12.7. The molecule has 0 fully saturated rings. The van der Waals surface area contributed by atoms with Gasteiger partial charge in [-0.15, -0.1) is 0 Å². The van der Waals surface area contributed by atoms with Crippen LogP contribution in [0.1, 0.15) is 43.6 Å². The van der Waals surface area contributed by atoms with E-state index < -0.39 is 28.1 Å². The minimum absolute atomic E-state index is 0.0513. The molecule has 1 heterocycles. The van der Waals surface area contributed by atoms with Crippen LogP contribution in [0.2, 0.25) is 10.0 Å². The van der Waals surface area contributed by atoms with Crippen molar-refractivity contribution in [2.75, 3.05) is 19.0 Å². The Kier molecular flexibility index (Phi) is 10.5. The molecule has 1 atom stereocenters. The highest BCUT2D eigenvalue weighted by Gasteiger charge is 2.32. The third-order valence-corrected chi connectivity index (χ3v) is 7.28. The highest BCUT2D eigenvalue weighted by Crippen LogP contribution is 2.24. The standard InChI is InChI=1S/C23H30Cl2N4O5S/c1-14(2)13-29(15(3)4)35(32,33)28-20(23(31)34-5)10-16-6-8-17(9-7-16)27-22(30)21-18(24)11-26-12-19(21)25/h6-9,11-12,14-15,20,28H,10,13H2,1-5H3,(H,27,30). The number of halogens is 2. The third kappa shape index (κ3) is 8.15. The lowest BCUT2D eigenvalue weighted by molar-refractivity contribution is -0.142. The molecule has 192 valence electrons. The van der Waals surface area contributed by atoms with Crippen molar-refractivity contribution in [3.63, 3.8) is 0 Å². The fourth-order valence-corrected chi connectivity index (χ4v) is 5.55. The van der Waals surface area contributed by atoms with Gasteiger partial charge >= 0.3 is 5.97 Å². The van der Waals surface area contributed by atoms with Gasteiger partial charge in [0.25, 0.3) is 16.1 Å². The molecule has 2 N–H and O–H groups in total. The van der Waals surface area contributed by atoms with Crippen molar-refractivity contribution in [1.82, 2.24) is 14.0 Å². The number of methoxy groups -OCH3 is 1. The molecule has 1 amide bonds. The maximum atomic E-state index is 13.0. The number of esters is 1. The summed E-state index contributed by atoms with van der Waals surface area (Å²) in [6.07, 6.45) is 2.69. The summed E-state index contributed by atoms with van der Waals surface area (Å²) in [5.74, 6) is -1.11. The summed E-state index contributed by atoms with van der Waals surface area (Å²) >= 11 is 12.1. The number of aromatic nitrogens is 1. The Labute approximate surface area is 216 Å². The van der Waals surface area contributed by atoms with Crippen LogP contribution in [-0.4, -0.2) is 55.3 Å². The Balaban J connectivity index is 2.17. The molecule has 0 saturated carbocycles. The molecule has 0 bridgehead atoms. The molecule has 1 aromatic carbocycles. The minimum Gasteiger partial charge on any atom is -0.468 e. The first kappa shape index (κ1) is 29.0. The van der Waals surface area contributed by atoms with E-state index in [0.717, 1.165) is 0 Å². The smallest absolute Gasteiger partial charge is 0.324 e. The van der Waals surface area contributed by atoms with Crippen LogP contribution >= 0.6 is 23.2 Å². The molecule has 0 aliphatic carbocycles. The van der Waals surface area contributed by atoms with Gasteiger partial charge in [-0.25, -0.2) is 0 Å². The molecule has 0 aliphatic heterocycles. The van der Waals surface area contributed by atoms with Gasteiger partial charge in [0.15, 0.2) is 0 Å². The fourth-order valence-electron chi connectivity index (χ4n) is 3.29. The summed E-state index contributed by atoms with van der Waals surface area (Å²) in [5, 5.41) is 2.93. The van der Waals surface area contributed by atoms with Crippen LogP contribution < -0.4 is 10.0 Å². The lowest BCUT2D eigenvalue weighted by Crippen LogP contribution is -2.52. The van der Waals surface area contributed by atoms with Crippen molar-refractivity contribution in [3.05, 3.63) is 57.8 Å². The van der Waals surface area contributed by atoms with E-state index in [1.54, 1.807) is 38.1 Å². The van der Waals surface area contributed by atoms with Gasteiger partial charge in [-0.1, -0.05) is 49.2 Å². The number of carbonyl (C=O) groups excluding carboxylic acids is 2. The first-order valence-electron chi connectivity index (χ1n) is 10.9. The molecule has 0 spiro atoms. The highest BCUT2D eigenvalue weighted by molar-refractivity contribution is 7.87. The van der Waals surface area contributed by atoms with E-state index in [9.17, 15) is 18.0 Å². The van der Waals surface area contributed by atoms with E-state index >= 15 is 0 Å². The summed E-state index contributed by atoms with van der Waals surface area (Å²) in [4.78, 5) is 28.8. The van der Waals surface area contributed by atoms with Gasteiger partial charge in [0.05, 0.1) is 22.7 Å². The van der Waals surface area contributed by atoms with Gasteiger partial charge in [0, 0.05) is 30.7 Å². The number of pyridine rings is 1. The highest BCUT2D eigenvalue weighted by atomic mass is 35.5. The summed E-state index contributed by atoms with van der Waals surface area (Å²) < 4.78 is 34.7. The topological polar surface area (TPSA) is 118 Å². The van der Waals surface area contributed by atoms with Gasteiger partial charge in [-0.3, -0.25) is 14.6 Å². The predicted octanol–water partition coefficient (Wildman–Crippen LogP) is 3.93. The number of nitrogens with one attached hydrogen (secondary N) is 2. The first-order valence-corrected chi connectivity index (χ1v) is 13.1. The van der Waals surface area contributed by atoms with Crippen molar-refractivity contribution in [2.45, 2.75) is 46.2 Å². The number of anilines is 1. The van der Waals surface area contributed by atoms with E-state index in [1.807, 2.05) is 13.8 Å². The van der Waals surface area contributed by atoms with E-state index in [-0.39, 0.29) is 34.0 Å². The quantitative estimate of drug-likeness (QED) is 0.414. The number of hydrogen-bond acceptors (Lipinski definition) is 6. The Bertz CT molecular complexity index is 1120. The van der Waals surface area contributed by atoms with E-state index in [1.165, 1.54) is 23.8 Å². The molecule has 0 aliphatic rings. The Morgan fingerprint density at radius 1 is 1.06 bits per heavy atom. The maximum absolute atomic E-state index is 13.0. The zero-order chi connectivity index (χ0) is 26.3. The average Bonchev–Trinajstić information content (AvgIpc) is 2.77. The zero-order valence-electron chi connectivity index (χ0n) is 20.2.